The van der Waals surface area contributed by atoms with Gasteiger partial charge in [-0.15, -0.1) is 0 Å². The molecule has 0 saturated carbocycles. The summed E-state index contributed by atoms with van der Waals surface area (Å²) in [7, 11) is 0. The topological polar surface area (TPSA) is 86.7 Å². The van der Waals surface area contributed by atoms with Gasteiger partial charge in [-0.3, -0.25) is 24.4 Å². The van der Waals surface area contributed by atoms with Crippen LogP contribution in [-0.2, 0) is 22.4 Å². The highest BCUT2D eigenvalue weighted by Crippen LogP contribution is 2.46. The van der Waals surface area contributed by atoms with E-state index in [1.54, 1.807) is 48.2 Å². The lowest BCUT2D eigenvalue weighted by atomic mass is 9.93. The number of amidine groups is 1. The van der Waals surface area contributed by atoms with E-state index in [0.717, 1.165) is 23.3 Å². The molecule has 2 aliphatic heterocycles. The number of aliphatic imine (C=N–C) groups is 1. The summed E-state index contributed by atoms with van der Waals surface area (Å²) in [6.07, 6.45) is -4.61. The summed E-state index contributed by atoms with van der Waals surface area (Å²) in [5.41, 5.74) is 4.21. The summed E-state index contributed by atoms with van der Waals surface area (Å²) in [4.78, 5) is 42.9. The Morgan fingerprint density at radius 1 is 0.865 bits per heavy atom. The number of benzene rings is 4. The average molecular weight is 755 g/mol. The molecule has 0 aliphatic carbocycles. The van der Waals surface area contributed by atoms with Gasteiger partial charge in [0, 0.05) is 36.2 Å². The highest BCUT2D eigenvalue weighted by atomic mass is 35.5. The number of piperazine rings is 1. The minimum Gasteiger partial charge on any atom is -0.493 e. The predicted octanol–water partition coefficient (Wildman–Crippen LogP) is 7.94. The van der Waals surface area contributed by atoms with Crippen LogP contribution in [0.2, 0.25) is 10.0 Å². The Morgan fingerprint density at radius 2 is 1.50 bits per heavy atom. The number of nitrogens with zero attached hydrogens (tertiary/aromatic N) is 4. The van der Waals surface area contributed by atoms with Crippen LogP contribution in [0.4, 0.5) is 18.0 Å². The Labute approximate surface area is 309 Å². The second-order valence-electron chi connectivity index (χ2n) is 12.3. The maximum absolute atomic E-state index is 14.8. The molecule has 3 amide bonds. The van der Waals surface area contributed by atoms with Crippen molar-refractivity contribution in [3.63, 3.8) is 0 Å². The normalized spacial score (nSPS) is 17.9. The monoisotopic (exact) mass is 753 g/mol. The smallest absolute Gasteiger partial charge is 0.416 e. The molecule has 0 spiro atoms. The molecule has 272 valence electrons. The molecular formula is C38H36Cl2F3N5O4. The predicted molar refractivity (Wildman–Crippen MR) is 192 cm³/mol. The number of nitrogens with one attached hydrogen (secondary N) is 1. The minimum atomic E-state index is -4.61. The third kappa shape index (κ3) is 8.70. The second kappa shape index (κ2) is 16.4. The zero-order valence-electron chi connectivity index (χ0n) is 28.2. The van der Waals surface area contributed by atoms with Gasteiger partial charge in [-0.05, 0) is 66.1 Å². The van der Waals surface area contributed by atoms with E-state index in [1.165, 1.54) is 11.0 Å². The molecule has 1 fully saturated rings. The van der Waals surface area contributed by atoms with Crippen molar-refractivity contribution in [1.29, 1.82) is 0 Å². The maximum atomic E-state index is 14.8. The lowest BCUT2D eigenvalue weighted by Crippen LogP contribution is -2.55. The number of ether oxygens (including phenoxy) is 1. The Balaban J connectivity index is 1.29. The minimum absolute atomic E-state index is 0.0502. The number of halogens is 5. The number of amides is 3. The summed E-state index contributed by atoms with van der Waals surface area (Å²) in [5.74, 6) is -0.200. The maximum Gasteiger partial charge on any atom is 0.416 e. The van der Waals surface area contributed by atoms with Gasteiger partial charge in [0.05, 0.1) is 36.9 Å². The van der Waals surface area contributed by atoms with Crippen LogP contribution in [0.25, 0.3) is 0 Å². The van der Waals surface area contributed by atoms with Crippen LogP contribution < -0.4 is 10.2 Å². The zero-order valence-corrected chi connectivity index (χ0v) is 29.7. The van der Waals surface area contributed by atoms with Gasteiger partial charge in [0.25, 0.3) is 5.91 Å². The summed E-state index contributed by atoms with van der Waals surface area (Å²) in [6.45, 7) is 3.42. The van der Waals surface area contributed by atoms with Crippen LogP contribution in [0.15, 0.2) is 102 Å². The lowest BCUT2D eigenvalue weighted by Gasteiger charge is -2.39. The molecular weight excluding hydrogens is 718 g/mol. The van der Waals surface area contributed by atoms with Gasteiger partial charge < -0.3 is 9.64 Å². The first-order chi connectivity index (χ1) is 25.0. The molecule has 14 heteroatoms. The molecule has 9 nitrogen and oxygen atoms in total. The van der Waals surface area contributed by atoms with E-state index in [9.17, 15) is 22.8 Å². The molecule has 2 heterocycles. The molecule has 4 aromatic carbocycles. The molecule has 1 saturated heterocycles. The van der Waals surface area contributed by atoms with E-state index in [2.05, 4.69) is 5.48 Å². The molecule has 2 unspecified atom stereocenters. The first-order valence-electron chi connectivity index (χ1n) is 16.7. The number of hydroxylamine groups is 1. The van der Waals surface area contributed by atoms with Crippen LogP contribution in [0.5, 0.6) is 5.75 Å². The van der Waals surface area contributed by atoms with Crippen LogP contribution in [-0.4, -0.2) is 71.8 Å². The van der Waals surface area contributed by atoms with Crippen molar-refractivity contribution in [2.45, 2.75) is 31.8 Å². The van der Waals surface area contributed by atoms with Crippen molar-refractivity contribution >= 4 is 41.0 Å². The fourth-order valence-electron chi connectivity index (χ4n) is 6.27. The summed E-state index contributed by atoms with van der Waals surface area (Å²) in [5, 5.41) is 1.01. The summed E-state index contributed by atoms with van der Waals surface area (Å²) >= 11 is 12.5. The number of hydrogen-bond donors (Lipinski definition) is 1. The standard InChI is InChI=1S/C38H36Cl2F3N5O4/c1-2-51-32-22-28(38(41,42)43)12-17-31(32)36-44-34(26-8-13-29(39)14-9-26)35(27-10-15-30(40)16-11-27)48(36)37(50)47-20-18-46(19-21-47)23-33(49)45-52-24-25-6-4-3-5-7-25/h3-17,22,34-35H,2,18-21,23-24H2,1H3,(H,45,49). The van der Waals surface area contributed by atoms with Crippen LogP contribution >= 0.6 is 23.2 Å². The average Bonchev–Trinajstić information content (AvgIpc) is 3.53. The van der Waals surface area contributed by atoms with Gasteiger partial charge in [-0.25, -0.2) is 10.3 Å². The number of urea groups is 1. The van der Waals surface area contributed by atoms with E-state index in [-0.39, 0.29) is 55.9 Å². The van der Waals surface area contributed by atoms with Crippen molar-refractivity contribution in [2.24, 2.45) is 4.99 Å². The molecule has 2 aliphatic rings. The Morgan fingerprint density at radius 3 is 2.12 bits per heavy atom. The number of carbonyl (C=O) groups is 2. The van der Waals surface area contributed by atoms with Crippen molar-refractivity contribution in [2.75, 3.05) is 39.3 Å². The molecule has 1 N–H and O–H groups in total. The zero-order chi connectivity index (χ0) is 36.8. The van der Waals surface area contributed by atoms with Crippen molar-refractivity contribution in [1.82, 2.24) is 20.2 Å². The lowest BCUT2D eigenvalue weighted by molar-refractivity contribution is -0.138. The van der Waals surface area contributed by atoms with E-state index in [0.29, 0.717) is 28.7 Å². The van der Waals surface area contributed by atoms with Gasteiger partial charge in [0.2, 0.25) is 0 Å². The Hall–Kier alpha value is -4.62. The molecule has 52 heavy (non-hydrogen) atoms. The van der Waals surface area contributed by atoms with Gasteiger partial charge in [-0.1, -0.05) is 77.8 Å². The van der Waals surface area contributed by atoms with Gasteiger partial charge in [-0.2, -0.15) is 13.2 Å². The number of hydrogen-bond acceptors (Lipinski definition) is 6. The van der Waals surface area contributed by atoms with Gasteiger partial charge in [0.1, 0.15) is 17.6 Å². The summed E-state index contributed by atoms with van der Waals surface area (Å²) < 4.78 is 47.2. The summed E-state index contributed by atoms with van der Waals surface area (Å²) in [6, 6.07) is 25.0. The Kier molecular flexibility index (Phi) is 11.7. The largest absolute Gasteiger partial charge is 0.493 e. The first kappa shape index (κ1) is 37.1. The van der Waals surface area contributed by atoms with Crippen molar-refractivity contribution < 1.29 is 32.3 Å². The molecule has 0 radical (unpaired) electrons. The third-order valence-corrected chi connectivity index (χ3v) is 9.33. The molecule has 0 bridgehead atoms. The van der Waals surface area contributed by atoms with Gasteiger partial charge >= 0.3 is 12.2 Å². The number of carbonyl (C=O) groups excluding carboxylic acids is 2. The highest BCUT2D eigenvalue weighted by Gasteiger charge is 2.45. The van der Waals surface area contributed by atoms with E-state index in [4.69, 9.17) is 37.8 Å². The van der Waals surface area contributed by atoms with Crippen molar-refractivity contribution in [3.8, 4) is 5.75 Å². The number of alkyl halides is 3. The van der Waals surface area contributed by atoms with Crippen LogP contribution in [0, 0.1) is 0 Å². The number of rotatable bonds is 10. The van der Waals surface area contributed by atoms with E-state index >= 15 is 0 Å². The van der Waals surface area contributed by atoms with Crippen molar-refractivity contribution in [3.05, 3.63) is 135 Å². The quantitative estimate of drug-likeness (QED) is 0.166. The SMILES string of the molecule is CCOc1cc(C(F)(F)F)ccc1C1=NC(c2ccc(Cl)cc2)C(c2ccc(Cl)cc2)N1C(=O)N1CCN(CC(=O)NOCc2ccccc2)CC1. The fraction of sp³-hybridized carbons (Fsp3) is 0.289. The third-order valence-electron chi connectivity index (χ3n) is 8.82. The fourth-order valence-corrected chi connectivity index (χ4v) is 6.52. The Bertz CT molecular complexity index is 1890. The molecule has 4 aromatic rings. The second-order valence-corrected chi connectivity index (χ2v) is 13.2. The van der Waals surface area contributed by atoms with Gasteiger partial charge in [0.15, 0.2) is 0 Å². The van der Waals surface area contributed by atoms with Crippen LogP contribution in [0.1, 0.15) is 46.8 Å². The van der Waals surface area contributed by atoms with E-state index < -0.39 is 29.9 Å². The molecule has 0 aromatic heterocycles. The molecule has 2 atom stereocenters. The first-order valence-corrected chi connectivity index (χ1v) is 17.5. The van der Waals surface area contributed by atoms with E-state index in [1.807, 2.05) is 47.4 Å². The highest BCUT2D eigenvalue weighted by molar-refractivity contribution is 6.30. The van der Waals surface area contributed by atoms with Crippen LogP contribution in [0.3, 0.4) is 0 Å². The molecule has 6 rings (SSSR count).